The van der Waals surface area contributed by atoms with Crippen molar-refractivity contribution in [3.05, 3.63) is 34.4 Å². The van der Waals surface area contributed by atoms with Gasteiger partial charge in [-0.25, -0.2) is 8.78 Å². The molecule has 0 aliphatic heterocycles. The molecule has 0 saturated heterocycles. The molecule has 1 rings (SSSR count). The quantitative estimate of drug-likeness (QED) is 0.809. The van der Waals surface area contributed by atoms with E-state index in [2.05, 4.69) is 0 Å². The first-order valence-corrected chi connectivity index (χ1v) is 4.80. The lowest BCUT2D eigenvalue weighted by molar-refractivity contribution is 0.275. The van der Waals surface area contributed by atoms with Crippen molar-refractivity contribution in [2.75, 3.05) is 6.61 Å². The summed E-state index contributed by atoms with van der Waals surface area (Å²) in [6.07, 6.45) is 0.223. The fraction of sp³-hybridized carbons (Fsp3) is 0.455. The van der Waals surface area contributed by atoms with E-state index in [1.807, 2.05) is 0 Å². The van der Waals surface area contributed by atoms with Gasteiger partial charge in [0.05, 0.1) is 0 Å². The van der Waals surface area contributed by atoms with Crippen LogP contribution in [0.3, 0.4) is 0 Å². The van der Waals surface area contributed by atoms with Gasteiger partial charge in [-0.1, -0.05) is 0 Å². The summed E-state index contributed by atoms with van der Waals surface area (Å²) in [5, 5.41) is 8.72. The average molecular weight is 215 g/mol. The number of hydrogen-bond acceptors (Lipinski definition) is 2. The largest absolute Gasteiger partial charge is 0.396 e. The first-order valence-electron chi connectivity index (χ1n) is 4.80. The zero-order valence-corrected chi connectivity index (χ0v) is 8.85. The summed E-state index contributed by atoms with van der Waals surface area (Å²) in [5.41, 5.74) is 6.31. The lowest BCUT2D eigenvalue weighted by Crippen LogP contribution is -2.16. The van der Waals surface area contributed by atoms with Crippen molar-refractivity contribution in [1.82, 2.24) is 0 Å². The average Bonchev–Trinajstić information content (AvgIpc) is 2.16. The van der Waals surface area contributed by atoms with Crippen LogP contribution in [0.4, 0.5) is 8.78 Å². The Balaban J connectivity index is 3.26. The van der Waals surface area contributed by atoms with E-state index in [-0.39, 0.29) is 29.7 Å². The number of nitrogens with two attached hydrogens (primary N) is 1. The number of aryl methyl sites for hydroxylation is 1. The number of benzene rings is 1. The molecule has 1 aromatic carbocycles. The van der Waals surface area contributed by atoms with Crippen LogP contribution in [-0.2, 0) is 0 Å². The van der Waals surface area contributed by atoms with Crippen LogP contribution in [0.1, 0.15) is 29.2 Å². The number of hydrogen-bond donors (Lipinski definition) is 2. The molecule has 0 fully saturated rings. The maximum Gasteiger partial charge on any atom is 0.131 e. The van der Waals surface area contributed by atoms with Crippen molar-refractivity contribution >= 4 is 0 Å². The Morgan fingerprint density at radius 2 is 2.00 bits per heavy atom. The Hall–Kier alpha value is -1.00. The van der Waals surface area contributed by atoms with E-state index in [9.17, 15) is 8.78 Å². The van der Waals surface area contributed by atoms with Crippen LogP contribution in [0.15, 0.2) is 6.07 Å². The van der Waals surface area contributed by atoms with Crippen molar-refractivity contribution in [2.24, 2.45) is 5.73 Å². The fourth-order valence-corrected chi connectivity index (χ4v) is 1.59. The first kappa shape index (κ1) is 12.1. The molecule has 2 nitrogen and oxygen atoms in total. The Bertz CT molecular complexity index is 340. The lowest BCUT2D eigenvalue weighted by atomic mass is 9.96. The highest BCUT2D eigenvalue weighted by atomic mass is 19.1. The minimum Gasteiger partial charge on any atom is -0.396 e. The second-order valence-corrected chi connectivity index (χ2v) is 3.65. The Kier molecular flexibility index (Phi) is 3.77. The minimum absolute atomic E-state index is 0.143. The van der Waals surface area contributed by atoms with Crippen LogP contribution in [0.5, 0.6) is 0 Å². The summed E-state index contributed by atoms with van der Waals surface area (Å²) in [4.78, 5) is 0. The first-order chi connectivity index (χ1) is 6.99. The van der Waals surface area contributed by atoms with Gasteiger partial charge in [0.15, 0.2) is 0 Å². The SMILES string of the molecule is Cc1cc(F)c(C)c(C(N)CCO)c1F. The molecule has 1 atom stereocenters. The van der Waals surface area contributed by atoms with Gasteiger partial charge in [0, 0.05) is 18.2 Å². The van der Waals surface area contributed by atoms with Gasteiger partial charge >= 0.3 is 0 Å². The molecule has 1 unspecified atom stereocenters. The number of aliphatic hydroxyl groups excluding tert-OH is 1. The molecule has 0 aromatic heterocycles. The molecule has 0 heterocycles. The number of halogens is 2. The molecule has 84 valence electrons. The highest BCUT2D eigenvalue weighted by Gasteiger charge is 2.18. The van der Waals surface area contributed by atoms with Crippen LogP contribution >= 0.6 is 0 Å². The van der Waals surface area contributed by atoms with Gasteiger partial charge in [-0.2, -0.15) is 0 Å². The normalized spacial score (nSPS) is 12.9. The molecule has 0 radical (unpaired) electrons. The zero-order valence-electron chi connectivity index (χ0n) is 8.85. The van der Waals surface area contributed by atoms with Gasteiger partial charge in [-0.15, -0.1) is 0 Å². The van der Waals surface area contributed by atoms with Crippen molar-refractivity contribution in [3.8, 4) is 0 Å². The van der Waals surface area contributed by atoms with Crippen molar-refractivity contribution in [1.29, 1.82) is 0 Å². The molecule has 15 heavy (non-hydrogen) atoms. The molecule has 0 amide bonds. The molecule has 0 spiro atoms. The van der Waals surface area contributed by atoms with E-state index in [4.69, 9.17) is 10.8 Å². The van der Waals surface area contributed by atoms with Gasteiger partial charge in [-0.05, 0) is 37.5 Å². The summed E-state index contributed by atoms with van der Waals surface area (Å²) in [5.74, 6) is -0.938. The third-order valence-electron chi connectivity index (χ3n) is 2.50. The lowest BCUT2D eigenvalue weighted by Gasteiger charge is -2.16. The number of rotatable bonds is 3. The molecular formula is C11H15F2NO. The van der Waals surface area contributed by atoms with Gasteiger partial charge in [-0.3, -0.25) is 0 Å². The van der Waals surface area contributed by atoms with Crippen LogP contribution in [0, 0.1) is 25.5 Å². The molecule has 3 N–H and O–H groups in total. The fourth-order valence-electron chi connectivity index (χ4n) is 1.59. The van der Waals surface area contributed by atoms with Crippen molar-refractivity contribution in [3.63, 3.8) is 0 Å². The zero-order chi connectivity index (χ0) is 11.6. The van der Waals surface area contributed by atoms with Gasteiger partial charge in [0.1, 0.15) is 11.6 Å². The monoisotopic (exact) mass is 215 g/mol. The minimum atomic E-state index is -0.663. The Morgan fingerprint density at radius 1 is 1.40 bits per heavy atom. The van der Waals surface area contributed by atoms with E-state index in [0.717, 1.165) is 6.07 Å². The van der Waals surface area contributed by atoms with E-state index in [0.29, 0.717) is 0 Å². The predicted octanol–water partition coefficient (Wildman–Crippen LogP) is 1.96. The molecular weight excluding hydrogens is 200 g/mol. The molecule has 1 aromatic rings. The summed E-state index contributed by atoms with van der Waals surface area (Å²) < 4.78 is 27.0. The van der Waals surface area contributed by atoms with Gasteiger partial charge < -0.3 is 10.8 Å². The summed E-state index contributed by atoms with van der Waals surface area (Å²) in [7, 11) is 0. The van der Waals surface area contributed by atoms with Crippen LogP contribution in [0.2, 0.25) is 0 Å². The molecule has 0 saturated carbocycles. The Morgan fingerprint density at radius 3 is 2.53 bits per heavy atom. The number of aliphatic hydroxyl groups is 1. The van der Waals surface area contributed by atoms with Gasteiger partial charge in [0.2, 0.25) is 0 Å². The van der Waals surface area contributed by atoms with E-state index in [1.165, 1.54) is 13.8 Å². The second kappa shape index (κ2) is 4.68. The standard InChI is InChI=1S/C11H15F2NO/c1-6-5-8(12)7(2)10(11(6)13)9(14)3-4-15/h5,9,15H,3-4,14H2,1-2H3. The summed E-state index contributed by atoms with van der Waals surface area (Å²) >= 11 is 0. The summed E-state index contributed by atoms with van der Waals surface area (Å²) in [6, 6.07) is 0.490. The highest BCUT2D eigenvalue weighted by molar-refractivity contribution is 5.36. The van der Waals surface area contributed by atoms with Crippen molar-refractivity contribution < 1.29 is 13.9 Å². The Labute approximate surface area is 87.7 Å². The van der Waals surface area contributed by atoms with Crippen LogP contribution in [0.25, 0.3) is 0 Å². The molecule has 0 bridgehead atoms. The second-order valence-electron chi connectivity index (χ2n) is 3.65. The maximum atomic E-state index is 13.7. The maximum absolute atomic E-state index is 13.7. The third kappa shape index (κ3) is 2.33. The van der Waals surface area contributed by atoms with E-state index < -0.39 is 17.7 Å². The van der Waals surface area contributed by atoms with Crippen LogP contribution < -0.4 is 5.73 Å². The topological polar surface area (TPSA) is 46.2 Å². The molecule has 4 heteroatoms. The van der Waals surface area contributed by atoms with Crippen LogP contribution in [-0.4, -0.2) is 11.7 Å². The van der Waals surface area contributed by atoms with Gasteiger partial charge in [0.25, 0.3) is 0 Å². The predicted molar refractivity (Wildman–Crippen MR) is 54.5 cm³/mol. The highest BCUT2D eigenvalue weighted by Crippen LogP contribution is 2.26. The third-order valence-corrected chi connectivity index (χ3v) is 2.50. The summed E-state index contributed by atoms with van der Waals surface area (Å²) in [6.45, 7) is 2.84. The molecule has 0 aliphatic rings. The molecule has 0 aliphatic carbocycles. The smallest absolute Gasteiger partial charge is 0.131 e. The van der Waals surface area contributed by atoms with Crippen molar-refractivity contribution in [2.45, 2.75) is 26.3 Å². The van der Waals surface area contributed by atoms with E-state index in [1.54, 1.807) is 0 Å². The van der Waals surface area contributed by atoms with E-state index >= 15 is 0 Å².